The maximum absolute atomic E-state index is 9.92. The Morgan fingerprint density at radius 1 is 1.64 bits per heavy atom. The third-order valence-corrected chi connectivity index (χ3v) is 4.39. The molecule has 0 aromatic heterocycles. The largest absolute Gasteiger partial charge is 0.393 e. The van der Waals surface area contributed by atoms with Crippen LogP contribution < -0.4 is 0 Å². The van der Waals surface area contributed by atoms with Crippen molar-refractivity contribution in [3.05, 3.63) is 23.8 Å². The van der Waals surface area contributed by atoms with E-state index in [0.29, 0.717) is 5.92 Å². The first kappa shape index (κ1) is 10.3. The van der Waals surface area contributed by atoms with Gasteiger partial charge in [0.2, 0.25) is 0 Å². The molecule has 2 heteroatoms. The summed E-state index contributed by atoms with van der Waals surface area (Å²) in [7, 11) is 0. The Morgan fingerprint density at radius 3 is 3.14 bits per heavy atom. The van der Waals surface area contributed by atoms with Gasteiger partial charge in [-0.1, -0.05) is 18.2 Å². The SMILES string of the molecule is C/C=C/C1=CCC2C(O)CCC[C@]12S. The Balaban J connectivity index is 2.25. The van der Waals surface area contributed by atoms with E-state index in [1.54, 1.807) is 0 Å². The number of hydrogen-bond acceptors (Lipinski definition) is 2. The zero-order chi connectivity index (χ0) is 10.2. The number of allylic oxidation sites excluding steroid dienone is 3. The highest BCUT2D eigenvalue weighted by Gasteiger charge is 2.46. The predicted molar refractivity (Wildman–Crippen MR) is 62.6 cm³/mol. The highest BCUT2D eigenvalue weighted by atomic mass is 32.1. The summed E-state index contributed by atoms with van der Waals surface area (Å²) in [5.74, 6) is 0.339. The molecule has 14 heavy (non-hydrogen) atoms. The molecule has 2 aliphatic carbocycles. The maximum Gasteiger partial charge on any atom is 0.0587 e. The highest BCUT2D eigenvalue weighted by molar-refractivity contribution is 7.82. The number of aliphatic hydroxyl groups excluding tert-OH is 1. The molecule has 0 amide bonds. The van der Waals surface area contributed by atoms with Crippen LogP contribution in [0.5, 0.6) is 0 Å². The van der Waals surface area contributed by atoms with Crippen LogP contribution in [0.3, 0.4) is 0 Å². The fraction of sp³-hybridized carbons (Fsp3) is 0.667. The van der Waals surface area contributed by atoms with Crippen LogP contribution in [-0.2, 0) is 0 Å². The van der Waals surface area contributed by atoms with Crippen molar-refractivity contribution in [3.8, 4) is 0 Å². The Hall–Kier alpha value is -0.210. The smallest absolute Gasteiger partial charge is 0.0587 e. The lowest BCUT2D eigenvalue weighted by Crippen LogP contribution is -2.41. The second kappa shape index (κ2) is 3.74. The van der Waals surface area contributed by atoms with Crippen molar-refractivity contribution in [2.75, 3.05) is 0 Å². The summed E-state index contributed by atoms with van der Waals surface area (Å²) < 4.78 is -0.0514. The fourth-order valence-electron chi connectivity index (χ4n) is 2.82. The van der Waals surface area contributed by atoms with E-state index in [9.17, 15) is 5.11 Å². The van der Waals surface area contributed by atoms with Crippen LogP contribution in [0.15, 0.2) is 23.8 Å². The third-order valence-electron chi connectivity index (χ3n) is 3.57. The molecule has 1 saturated carbocycles. The monoisotopic (exact) mass is 210 g/mol. The molecule has 1 nitrogen and oxygen atoms in total. The quantitative estimate of drug-likeness (QED) is 0.638. The van der Waals surface area contributed by atoms with Gasteiger partial charge in [-0.15, -0.1) is 0 Å². The van der Waals surface area contributed by atoms with Gasteiger partial charge in [0.15, 0.2) is 0 Å². The number of fused-ring (bicyclic) bond motifs is 1. The molecule has 0 bridgehead atoms. The van der Waals surface area contributed by atoms with E-state index in [1.807, 2.05) is 6.92 Å². The summed E-state index contributed by atoms with van der Waals surface area (Å²) in [6, 6.07) is 0. The molecule has 0 radical (unpaired) electrons. The van der Waals surface area contributed by atoms with Crippen LogP contribution in [0.25, 0.3) is 0 Å². The lowest BCUT2D eigenvalue weighted by atomic mass is 9.76. The third kappa shape index (κ3) is 1.45. The molecule has 0 aliphatic heterocycles. The van der Waals surface area contributed by atoms with Gasteiger partial charge in [-0.05, 0) is 38.2 Å². The molecular weight excluding hydrogens is 192 g/mol. The van der Waals surface area contributed by atoms with E-state index in [1.165, 1.54) is 5.57 Å². The topological polar surface area (TPSA) is 20.2 Å². The minimum Gasteiger partial charge on any atom is -0.393 e. The summed E-state index contributed by atoms with van der Waals surface area (Å²) in [4.78, 5) is 0. The molecule has 0 aromatic rings. The molecule has 0 saturated heterocycles. The van der Waals surface area contributed by atoms with E-state index in [0.717, 1.165) is 25.7 Å². The van der Waals surface area contributed by atoms with Crippen molar-refractivity contribution in [1.29, 1.82) is 0 Å². The van der Waals surface area contributed by atoms with Crippen molar-refractivity contribution in [2.45, 2.75) is 43.5 Å². The number of hydrogen-bond donors (Lipinski definition) is 2. The average molecular weight is 210 g/mol. The standard InChI is InChI=1S/C12H18OS/c1-2-4-9-6-7-10-11(13)5-3-8-12(9,10)14/h2,4,6,10-11,13-14H,3,5,7-8H2,1H3/b4-2+/t10?,11?,12-/m0/s1. The number of rotatable bonds is 1. The van der Waals surface area contributed by atoms with Crippen LogP contribution >= 0.6 is 12.6 Å². The van der Waals surface area contributed by atoms with Crippen LogP contribution in [0.2, 0.25) is 0 Å². The number of aliphatic hydroxyl groups is 1. The lowest BCUT2D eigenvalue weighted by Gasteiger charge is -2.40. The minimum absolute atomic E-state index is 0.0514. The van der Waals surface area contributed by atoms with E-state index < -0.39 is 0 Å². The molecule has 2 aliphatic rings. The Kier molecular flexibility index (Phi) is 2.76. The van der Waals surface area contributed by atoms with Crippen LogP contribution in [0.4, 0.5) is 0 Å². The van der Waals surface area contributed by atoms with Crippen molar-refractivity contribution < 1.29 is 5.11 Å². The minimum atomic E-state index is -0.153. The highest BCUT2D eigenvalue weighted by Crippen LogP contribution is 2.50. The second-order valence-corrected chi connectivity index (χ2v) is 5.18. The first-order valence-electron chi connectivity index (χ1n) is 5.42. The predicted octanol–water partition coefficient (Wildman–Crippen LogP) is 2.72. The average Bonchev–Trinajstić information content (AvgIpc) is 2.46. The molecule has 1 N–H and O–H groups in total. The van der Waals surface area contributed by atoms with Crippen molar-refractivity contribution >= 4 is 12.6 Å². The van der Waals surface area contributed by atoms with Gasteiger partial charge in [-0.25, -0.2) is 0 Å². The molecule has 78 valence electrons. The molecular formula is C12H18OS. The first-order valence-corrected chi connectivity index (χ1v) is 5.87. The molecule has 2 unspecified atom stereocenters. The molecule has 0 heterocycles. The normalized spacial score (nSPS) is 42.6. The van der Waals surface area contributed by atoms with Crippen LogP contribution in [0, 0.1) is 5.92 Å². The van der Waals surface area contributed by atoms with Gasteiger partial charge in [-0.3, -0.25) is 0 Å². The van der Waals surface area contributed by atoms with Gasteiger partial charge >= 0.3 is 0 Å². The summed E-state index contributed by atoms with van der Waals surface area (Å²) in [5, 5.41) is 9.92. The first-order chi connectivity index (χ1) is 6.68. The number of thiol groups is 1. The Labute approximate surface area is 91.3 Å². The summed E-state index contributed by atoms with van der Waals surface area (Å²) in [6.07, 6.45) is 10.4. The Bertz CT molecular complexity index is 282. The van der Waals surface area contributed by atoms with Gasteiger partial charge in [0, 0.05) is 10.7 Å². The van der Waals surface area contributed by atoms with E-state index in [-0.39, 0.29) is 10.9 Å². The van der Waals surface area contributed by atoms with Crippen molar-refractivity contribution in [3.63, 3.8) is 0 Å². The van der Waals surface area contributed by atoms with E-state index >= 15 is 0 Å². The lowest BCUT2D eigenvalue weighted by molar-refractivity contribution is 0.0640. The van der Waals surface area contributed by atoms with Crippen molar-refractivity contribution in [2.24, 2.45) is 5.92 Å². The summed E-state index contributed by atoms with van der Waals surface area (Å²) in [5.41, 5.74) is 1.31. The van der Waals surface area contributed by atoms with Gasteiger partial charge in [0.05, 0.1) is 6.10 Å². The molecule has 0 spiro atoms. The Morgan fingerprint density at radius 2 is 2.43 bits per heavy atom. The second-order valence-electron chi connectivity index (χ2n) is 4.39. The summed E-state index contributed by atoms with van der Waals surface area (Å²) in [6.45, 7) is 2.03. The fourth-order valence-corrected chi connectivity index (χ4v) is 3.42. The zero-order valence-corrected chi connectivity index (χ0v) is 9.50. The molecule has 2 rings (SSSR count). The maximum atomic E-state index is 9.92. The van der Waals surface area contributed by atoms with Gasteiger partial charge in [0.25, 0.3) is 0 Å². The van der Waals surface area contributed by atoms with Gasteiger partial charge in [0.1, 0.15) is 0 Å². The molecule has 1 fully saturated rings. The van der Waals surface area contributed by atoms with E-state index in [4.69, 9.17) is 12.6 Å². The zero-order valence-electron chi connectivity index (χ0n) is 8.61. The van der Waals surface area contributed by atoms with Gasteiger partial charge in [-0.2, -0.15) is 12.6 Å². The molecule has 3 atom stereocenters. The van der Waals surface area contributed by atoms with Gasteiger partial charge < -0.3 is 5.11 Å². The van der Waals surface area contributed by atoms with Crippen molar-refractivity contribution in [1.82, 2.24) is 0 Å². The summed E-state index contributed by atoms with van der Waals surface area (Å²) >= 11 is 4.82. The van der Waals surface area contributed by atoms with E-state index in [2.05, 4.69) is 18.2 Å². The molecule has 0 aromatic carbocycles. The van der Waals surface area contributed by atoms with Crippen LogP contribution in [0.1, 0.15) is 32.6 Å². The van der Waals surface area contributed by atoms with Crippen LogP contribution in [-0.4, -0.2) is 16.0 Å².